The van der Waals surface area contributed by atoms with Crippen LogP contribution < -0.4 is 23.7 Å². The Balaban J connectivity index is 1.07. The fourth-order valence-electron chi connectivity index (χ4n) is 3.77. The maximum atomic E-state index is 6.02. The molecular formula is C28H22O5S2. The Morgan fingerprint density at radius 3 is 1.43 bits per heavy atom. The summed E-state index contributed by atoms with van der Waals surface area (Å²) in [5.74, 6) is 4.93. The van der Waals surface area contributed by atoms with Gasteiger partial charge in [0.2, 0.25) is 0 Å². The third kappa shape index (κ3) is 4.92. The minimum atomic E-state index is 0.592. The molecule has 0 atom stereocenters. The first kappa shape index (κ1) is 21.8. The first-order chi connectivity index (χ1) is 17.3. The number of ether oxygens (including phenoxy) is 5. The second-order valence-corrected chi connectivity index (χ2v) is 9.71. The van der Waals surface area contributed by atoms with Crippen LogP contribution in [0.5, 0.6) is 34.5 Å². The highest BCUT2D eigenvalue weighted by Gasteiger charge is 2.17. The van der Waals surface area contributed by atoms with Crippen LogP contribution in [0.2, 0.25) is 0 Å². The molecule has 0 radical (unpaired) electrons. The Morgan fingerprint density at radius 2 is 0.971 bits per heavy atom. The Morgan fingerprint density at radius 1 is 0.543 bits per heavy atom. The first-order valence-corrected chi connectivity index (χ1v) is 13.1. The molecule has 0 saturated carbocycles. The van der Waals surface area contributed by atoms with Crippen LogP contribution in [-0.2, 0) is 0 Å². The predicted molar refractivity (Wildman–Crippen MR) is 141 cm³/mol. The van der Waals surface area contributed by atoms with Crippen LogP contribution in [0, 0.1) is 0 Å². The molecule has 2 aromatic carbocycles. The van der Waals surface area contributed by atoms with Crippen LogP contribution in [0.3, 0.4) is 0 Å². The number of rotatable bonds is 6. The highest BCUT2D eigenvalue weighted by molar-refractivity contribution is 7.12. The van der Waals surface area contributed by atoms with Gasteiger partial charge in [0.05, 0.1) is 9.75 Å². The van der Waals surface area contributed by atoms with Gasteiger partial charge >= 0.3 is 0 Å². The zero-order valence-corrected chi connectivity index (χ0v) is 20.4. The highest BCUT2D eigenvalue weighted by atomic mass is 32.1. The molecule has 4 heterocycles. The van der Waals surface area contributed by atoms with Gasteiger partial charge in [0.1, 0.15) is 37.9 Å². The summed E-state index contributed by atoms with van der Waals surface area (Å²) >= 11 is 3.24. The minimum Gasteiger partial charge on any atom is -0.485 e. The largest absolute Gasteiger partial charge is 0.485 e. The lowest BCUT2D eigenvalue weighted by Gasteiger charge is -2.15. The van der Waals surface area contributed by atoms with Crippen LogP contribution in [0.4, 0.5) is 0 Å². The van der Waals surface area contributed by atoms with Gasteiger partial charge in [-0.25, -0.2) is 0 Å². The monoisotopic (exact) mass is 502 g/mol. The second-order valence-electron chi connectivity index (χ2n) is 7.89. The van der Waals surface area contributed by atoms with Crippen molar-refractivity contribution in [2.75, 3.05) is 26.4 Å². The summed E-state index contributed by atoms with van der Waals surface area (Å²) in [5.41, 5.74) is 2.17. The normalized spacial score (nSPS) is 14.5. The number of fused-ring (bicyclic) bond motifs is 2. The molecule has 0 saturated heterocycles. The van der Waals surface area contributed by atoms with E-state index in [1.807, 2.05) is 59.3 Å². The van der Waals surface area contributed by atoms with Crippen molar-refractivity contribution in [3.63, 3.8) is 0 Å². The topological polar surface area (TPSA) is 46.2 Å². The SMILES string of the molecule is C(=C\c1scc2c1OCCO2)/c1ccc(Oc2ccc(/C=C/c3scc4c3OCCO4)cc2)cc1. The number of hydrogen-bond acceptors (Lipinski definition) is 7. The molecule has 0 unspecified atom stereocenters. The minimum absolute atomic E-state index is 0.592. The molecule has 0 amide bonds. The number of hydrogen-bond donors (Lipinski definition) is 0. The van der Waals surface area contributed by atoms with Gasteiger partial charge in [-0.1, -0.05) is 36.4 Å². The van der Waals surface area contributed by atoms with Gasteiger partial charge < -0.3 is 23.7 Å². The summed E-state index contributed by atoms with van der Waals surface area (Å²) in [6, 6.07) is 16.0. The molecule has 2 aliphatic rings. The number of benzene rings is 2. The van der Waals surface area contributed by atoms with Crippen molar-refractivity contribution in [3.05, 3.63) is 80.2 Å². The van der Waals surface area contributed by atoms with Crippen molar-refractivity contribution in [1.29, 1.82) is 0 Å². The average Bonchev–Trinajstić information content (AvgIpc) is 3.52. The van der Waals surface area contributed by atoms with E-state index in [0.29, 0.717) is 26.4 Å². The van der Waals surface area contributed by atoms with Crippen molar-refractivity contribution in [1.82, 2.24) is 0 Å². The molecule has 0 bridgehead atoms. The van der Waals surface area contributed by atoms with Crippen LogP contribution in [0.25, 0.3) is 24.3 Å². The van der Waals surface area contributed by atoms with Gasteiger partial charge in [-0.05, 0) is 47.5 Å². The third-order valence-electron chi connectivity index (χ3n) is 5.51. The molecule has 35 heavy (non-hydrogen) atoms. The van der Waals surface area contributed by atoms with E-state index in [9.17, 15) is 0 Å². The number of thiophene rings is 2. The van der Waals surface area contributed by atoms with Crippen molar-refractivity contribution in [3.8, 4) is 34.5 Å². The van der Waals surface area contributed by atoms with Crippen molar-refractivity contribution < 1.29 is 23.7 Å². The van der Waals surface area contributed by atoms with Crippen LogP contribution >= 0.6 is 22.7 Å². The smallest absolute Gasteiger partial charge is 0.179 e. The van der Waals surface area contributed by atoms with Crippen LogP contribution in [-0.4, -0.2) is 26.4 Å². The second kappa shape index (κ2) is 9.90. The highest BCUT2D eigenvalue weighted by Crippen LogP contribution is 2.41. The molecule has 6 rings (SSSR count). The van der Waals surface area contributed by atoms with E-state index >= 15 is 0 Å². The van der Waals surface area contributed by atoms with Gasteiger partial charge in [0.25, 0.3) is 0 Å². The van der Waals surface area contributed by atoms with E-state index in [1.54, 1.807) is 22.7 Å². The van der Waals surface area contributed by atoms with E-state index in [1.165, 1.54) is 0 Å². The molecule has 4 aromatic rings. The van der Waals surface area contributed by atoms with Gasteiger partial charge in [-0.3, -0.25) is 0 Å². The average molecular weight is 503 g/mol. The summed E-state index contributed by atoms with van der Waals surface area (Å²) in [7, 11) is 0. The maximum Gasteiger partial charge on any atom is 0.179 e. The van der Waals surface area contributed by atoms with Gasteiger partial charge in [0.15, 0.2) is 23.0 Å². The third-order valence-corrected chi connectivity index (χ3v) is 7.32. The van der Waals surface area contributed by atoms with E-state index < -0.39 is 0 Å². The van der Waals surface area contributed by atoms with Gasteiger partial charge in [-0.2, -0.15) is 0 Å². The lowest BCUT2D eigenvalue weighted by molar-refractivity contribution is 0.173. The Hall–Kier alpha value is -3.68. The van der Waals surface area contributed by atoms with Crippen LogP contribution in [0.15, 0.2) is 59.3 Å². The van der Waals surface area contributed by atoms with Crippen LogP contribution in [0.1, 0.15) is 20.9 Å². The lowest BCUT2D eigenvalue weighted by Crippen LogP contribution is -2.14. The molecule has 0 N–H and O–H groups in total. The predicted octanol–water partition coefficient (Wildman–Crippen LogP) is 7.49. The lowest BCUT2D eigenvalue weighted by atomic mass is 10.2. The molecule has 5 nitrogen and oxygen atoms in total. The molecule has 2 aliphatic heterocycles. The van der Waals surface area contributed by atoms with E-state index in [4.69, 9.17) is 23.7 Å². The van der Waals surface area contributed by atoms with Gasteiger partial charge in [-0.15, -0.1) is 22.7 Å². The standard InChI is InChI=1S/C28H22O5S2/c1-7-21(8-2-19(1)5-11-25-27-23(17-34-25)29-13-15-31-27)33-22-9-3-20(4-10-22)6-12-26-28-24(18-35-26)30-14-16-32-28/h1-12,17-18H,13-16H2/b11-5+,12-6+. The zero-order chi connectivity index (χ0) is 23.5. The van der Waals surface area contributed by atoms with Crippen molar-refractivity contribution in [2.24, 2.45) is 0 Å². The molecule has 0 spiro atoms. The molecular weight excluding hydrogens is 480 g/mol. The quantitative estimate of drug-likeness (QED) is 0.273. The maximum absolute atomic E-state index is 6.02. The summed E-state index contributed by atoms with van der Waals surface area (Å²) in [6.45, 7) is 2.40. The Labute approximate surface area is 211 Å². The summed E-state index contributed by atoms with van der Waals surface area (Å²) in [4.78, 5) is 2.13. The summed E-state index contributed by atoms with van der Waals surface area (Å²) in [6.07, 6.45) is 8.25. The summed E-state index contributed by atoms with van der Waals surface area (Å²) < 4.78 is 28.7. The van der Waals surface area contributed by atoms with E-state index in [-0.39, 0.29) is 0 Å². The van der Waals surface area contributed by atoms with E-state index in [0.717, 1.165) is 55.4 Å². The molecule has 176 valence electrons. The first-order valence-electron chi connectivity index (χ1n) is 11.3. The van der Waals surface area contributed by atoms with Crippen molar-refractivity contribution >= 4 is 47.0 Å². The molecule has 0 aliphatic carbocycles. The van der Waals surface area contributed by atoms with Gasteiger partial charge in [0, 0.05) is 10.8 Å². The Kier molecular flexibility index (Phi) is 6.17. The summed E-state index contributed by atoms with van der Waals surface area (Å²) in [5, 5.41) is 3.98. The molecule has 2 aromatic heterocycles. The zero-order valence-electron chi connectivity index (χ0n) is 18.8. The molecule has 0 fully saturated rings. The Bertz CT molecular complexity index is 1260. The molecule has 7 heteroatoms. The fraction of sp³-hybridized carbons (Fsp3) is 0.143. The van der Waals surface area contributed by atoms with E-state index in [2.05, 4.69) is 24.3 Å². The van der Waals surface area contributed by atoms with Crippen molar-refractivity contribution in [2.45, 2.75) is 0 Å². The fourth-order valence-corrected chi connectivity index (χ4v) is 5.41.